The van der Waals surface area contributed by atoms with Crippen molar-refractivity contribution in [2.75, 3.05) is 6.61 Å². The van der Waals surface area contributed by atoms with Gasteiger partial charge in [0, 0.05) is 18.1 Å². The fraction of sp³-hybridized carbons (Fsp3) is 0.333. The highest BCUT2D eigenvalue weighted by atomic mass is 19.2. The van der Waals surface area contributed by atoms with E-state index >= 15 is 0 Å². The van der Waals surface area contributed by atoms with E-state index in [-0.39, 0.29) is 12.2 Å². The molecule has 1 atom stereocenters. The molecule has 0 fully saturated rings. The first-order valence-corrected chi connectivity index (χ1v) is 3.85. The van der Waals surface area contributed by atoms with E-state index in [1.165, 1.54) is 6.07 Å². The molecule has 1 rings (SSSR count). The quantitative estimate of drug-likeness (QED) is 0.742. The van der Waals surface area contributed by atoms with E-state index in [0.717, 1.165) is 6.07 Å². The summed E-state index contributed by atoms with van der Waals surface area (Å²) in [7, 11) is 0. The fourth-order valence-corrected chi connectivity index (χ4v) is 1.05. The molecule has 0 saturated carbocycles. The lowest BCUT2D eigenvalue weighted by Crippen LogP contribution is -2.01. The first kappa shape index (κ1) is 9.92. The molecule has 0 aliphatic rings. The Morgan fingerprint density at radius 3 is 2.54 bits per heavy atom. The van der Waals surface area contributed by atoms with E-state index < -0.39 is 23.3 Å². The van der Waals surface area contributed by atoms with Crippen molar-refractivity contribution in [3.05, 3.63) is 29.3 Å². The van der Waals surface area contributed by atoms with Gasteiger partial charge in [-0.25, -0.2) is 4.39 Å². The molecule has 13 heavy (non-hydrogen) atoms. The summed E-state index contributed by atoms with van der Waals surface area (Å²) in [5, 5.41) is 17.9. The second-order valence-corrected chi connectivity index (χ2v) is 2.88. The number of phenolic OH excluding ortho intramolecular Hbond substituents is 1. The number of rotatable bonds is 2. The maximum Gasteiger partial charge on any atom is 0.200 e. The Labute approximate surface area is 74.4 Å². The number of aromatic hydroxyl groups is 1. The Hall–Kier alpha value is -1.16. The molecule has 0 aromatic heterocycles. The van der Waals surface area contributed by atoms with Crippen LogP contribution in [0.4, 0.5) is 8.78 Å². The Morgan fingerprint density at radius 1 is 1.38 bits per heavy atom. The number of hydrogen-bond acceptors (Lipinski definition) is 2. The van der Waals surface area contributed by atoms with Crippen LogP contribution >= 0.6 is 0 Å². The number of benzene rings is 1. The fourth-order valence-electron chi connectivity index (χ4n) is 1.05. The minimum absolute atomic E-state index is 0.210. The highest BCUT2D eigenvalue weighted by molar-refractivity contribution is 5.36. The van der Waals surface area contributed by atoms with Crippen LogP contribution in [0.25, 0.3) is 0 Å². The van der Waals surface area contributed by atoms with Crippen molar-refractivity contribution in [1.82, 2.24) is 0 Å². The Balaban J connectivity index is 3.18. The number of halogens is 2. The van der Waals surface area contributed by atoms with Gasteiger partial charge < -0.3 is 10.2 Å². The van der Waals surface area contributed by atoms with Crippen molar-refractivity contribution in [2.45, 2.75) is 12.8 Å². The summed E-state index contributed by atoms with van der Waals surface area (Å²) < 4.78 is 25.3. The summed E-state index contributed by atoms with van der Waals surface area (Å²) in [5.41, 5.74) is 0.210. The molecule has 1 aromatic rings. The van der Waals surface area contributed by atoms with Gasteiger partial charge in [-0.1, -0.05) is 13.0 Å². The lowest BCUT2D eigenvalue weighted by molar-refractivity contribution is 0.269. The van der Waals surface area contributed by atoms with Crippen molar-refractivity contribution < 1.29 is 19.0 Å². The summed E-state index contributed by atoms with van der Waals surface area (Å²) >= 11 is 0. The minimum Gasteiger partial charge on any atom is -0.505 e. The normalized spacial score (nSPS) is 12.9. The third kappa shape index (κ3) is 1.78. The van der Waals surface area contributed by atoms with Gasteiger partial charge in [0.1, 0.15) is 0 Å². The minimum atomic E-state index is -1.27. The molecular weight excluding hydrogens is 178 g/mol. The molecule has 4 heteroatoms. The molecule has 0 heterocycles. The molecule has 72 valence electrons. The van der Waals surface area contributed by atoms with E-state index in [1.54, 1.807) is 6.92 Å². The van der Waals surface area contributed by atoms with E-state index in [2.05, 4.69) is 0 Å². The largest absolute Gasteiger partial charge is 0.505 e. The predicted molar refractivity (Wildman–Crippen MR) is 43.5 cm³/mol. The maximum absolute atomic E-state index is 12.8. The monoisotopic (exact) mass is 188 g/mol. The van der Waals surface area contributed by atoms with Crippen molar-refractivity contribution in [3.8, 4) is 5.75 Å². The summed E-state index contributed by atoms with van der Waals surface area (Å²) in [5.74, 6) is -3.49. The van der Waals surface area contributed by atoms with Gasteiger partial charge in [-0.2, -0.15) is 4.39 Å². The number of phenols is 1. The Morgan fingerprint density at radius 2 is 2.00 bits per heavy atom. The Kier molecular flexibility index (Phi) is 2.83. The van der Waals surface area contributed by atoms with Gasteiger partial charge in [0.05, 0.1) is 0 Å². The molecule has 0 radical (unpaired) electrons. The molecule has 2 nitrogen and oxygen atoms in total. The van der Waals surface area contributed by atoms with E-state index in [9.17, 15) is 8.78 Å². The molecule has 0 spiro atoms. The van der Waals surface area contributed by atoms with Crippen LogP contribution in [-0.2, 0) is 0 Å². The third-order valence-corrected chi connectivity index (χ3v) is 1.91. The molecule has 0 bridgehead atoms. The van der Waals surface area contributed by atoms with Gasteiger partial charge in [0.25, 0.3) is 0 Å². The van der Waals surface area contributed by atoms with E-state index in [0.29, 0.717) is 0 Å². The molecule has 0 amide bonds. The second kappa shape index (κ2) is 3.70. The highest BCUT2D eigenvalue weighted by Gasteiger charge is 2.16. The summed E-state index contributed by atoms with van der Waals surface area (Å²) in [6, 6.07) is 2.19. The number of aliphatic hydroxyl groups is 1. The Bertz CT molecular complexity index is 313. The second-order valence-electron chi connectivity index (χ2n) is 2.88. The molecule has 0 aliphatic carbocycles. The third-order valence-electron chi connectivity index (χ3n) is 1.91. The average molecular weight is 188 g/mol. The van der Waals surface area contributed by atoms with Gasteiger partial charge in [-0.15, -0.1) is 0 Å². The van der Waals surface area contributed by atoms with Crippen LogP contribution in [0.5, 0.6) is 5.75 Å². The van der Waals surface area contributed by atoms with Crippen molar-refractivity contribution >= 4 is 0 Å². The highest BCUT2D eigenvalue weighted by Crippen LogP contribution is 2.29. The van der Waals surface area contributed by atoms with Crippen LogP contribution < -0.4 is 0 Å². The van der Waals surface area contributed by atoms with Crippen LogP contribution in [-0.4, -0.2) is 16.8 Å². The van der Waals surface area contributed by atoms with Crippen molar-refractivity contribution in [1.29, 1.82) is 0 Å². The van der Waals surface area contributed by atoms with Crippen LogP contribution in [0, 0.1) is 11.6 Å². The van der Waals surface area contributed by atoms with Gasteiger partial charge >= 0.3 is 0 Å². The SMILES string of the molecule is CC(CO)c1ccc(F)c(F)c1O. The van der Waals surface area contributed by atoms with E-state index in [1.807, 2.05) is 0 Å². The van der Waals surface area contributed by atoms with Crippen molar-refractivity contribution in [3.63, 3.8) is 0 Å². The summed E-state index contributed by atoms with van der Waals surface area (Å²) in [6.45, 7) is 1.38. The predicted octanol–water partition coefficient (Wildman–Crippen LogP) is 1.77. The first-order valence-electron chi connectivity index (χ1n) is 3.85. The lowest BCUT2D eigenvalue weighted by Gasteiger charge is -2.10. The van der Waals surface area contributed by atoms with Crippen molar-refractivity contribution in [2.24, 2.45) is 0 Å². The standard InChI is InChI=1S/C9H10F2O2/c1-5(4-12)6-2-3-7(10)8(11)9(6)13/h2-3,5,12-13H,4H2,1H3. The average Bonchev–Trinajstić information content (AvgIpc) is 2.13. The summed E-state index contributed by atoms with van der Waals surface area (Å²) in [6.07, 6.45) is 0. The van der Waals surface area contributed by atoms with Crippen LogP contribution in [0.1, 0.15) is 18.4 Å². The first-order chi connectivity index (χ1) is 6.07. The topological polar surface area (TPSA) is 40.5 Å². The maximum atomic E-state index is 12.8. The lowest BCUT2D eigenvalue weighted by atomic mass is 10.0. The van der Waals surface area contributed by atoms with Gasteiger partial charge in [0.15, 0.2) is 11.6 Å². The van der Waals surface area contributed by atoms with Crippen LogP contribution in [0.15, 0.2) is 12.1 Å². The number of aliphatic hydroxyl groups excluding tert-OH is 1. The molecule has 1 unspecified atom stereocenters. The molecule has 1 aromatic carbocycles. The smallest absolute Gasteiger partial charge is 0.200 e. The van der Waals surface area contributed by atoms with Gasteiger partial charge in [-0.3, -0.25) is 0 Å². The van der Waals surface area contributed by atoms with Gasteiger partial charge in [-0.05, 0) is 6.07 Å². The molecular formula is C9H10F2O2. The molecule has 0 aliphatic heterocycles. The zero-order valence-corrected chi connectivity index (χ0v) is 7.09. The van der Waals surface area contributed by atoms with E-state index in [4.69, 9.17) is 10.2 Å². The number of hydrogen-bond donors (Lipinski definition) is 2. The van der Waals surface area contributed by atoms with Gasteiger partial charge in [0.2, 0.25) is 5.82 Å². The van der Waals surface area contributed by atoms with Crippen LogP contribution in [0.3, 0.4) is 0 Å². The van der Waals surface area contributed by atoms with Crippen LogP contribution in [0.2, 0.25) is 0 Å². The zero-order valence-electron chi connectivity index (χ0n) is 7.09. The summed E-state index contributed by atoms with van der Waals surface area (Å²) in [4.78, 5) is 0. The molecule has 0 saturated heterocycles. The molecule has 2 N–H and O–H groups in total. The zero-order chi connectivity index (χ0) is 10.0.